The Morgan fingerprint density at radius 3 is 2.58 bits per heavy atom. The first-order valence-corrected chi connectivity index (χ1v) is 12.7. The molecule has 2 N–H and O–H groups in total. The maximum absolute atomic E-state index is 12.0. The Balaban J connectivity index is 1.55. The molecule has 1 aliphatic rings. The van der Waals surface area contributed by atoms with Gasteiger partial charge in [0.15, 0.2) is 0 Å². The lowest BCUT2D eigenvalue weighted by Gasteiger charge is -2.28. The lowest BCUT2D eigenvalue weighted by atomic mass is 9.96. The number of ether oxygens (including phenoxy) is 1. The molecule has 4 aromatic rings. The van der Waals surface area contributed by atoms with Crippen LogP contribution >= 0.6 is 0 Å². The number of nitrogens with two attached hydrogens (primary N) is 1. The molecule has 3 aromatic heterocycles. The number of nitrogens with zero attached hydrogens (tertiary/aromatic N) is 5. The molecule has 1 amide bonds. The van der Waals surface area contributed by atoms with Crippen LogP contribution in [0.5, 0.6) is 11.5 Å². The second-order valence-electron chi connectivity index (χ2n) is 9.53. The summed E-state index contributed by atoms with van der Waals surface area (Å²) in [6.07, 6.45) is 7.90. The normalized spacial score (nSPS) is 13.8. The smallest absolute Gasteiger partial charge is 0.245 e. The Morgan fingerprint density at radius 1 is 1.16 bits per heavy atom. The van der Waals surface area contributed by atoms with Gasteiger partial charge in [-0.1, -0.05) is 24.6 Å². The van der Waals surface area contributed by atoms with Crippen LogP contribution in [0.3, 0.4) is 0 Å². The van der Waals surface area contributed by atoms with E-state index >= 15 is 0 Å². The van der Waals surface area contributed by atoms with Crippen molar-refractivity contribution in [2.75, 3.05) is 18.8 Å². The summed E-state index contributed by atoms with van der Waals surface area (Å²) in [5.41, 5.74) is 9.89. The number of nitrogen functional groups attached to an aromatic ring is 1. The summed E-state index contributed by atoms with van der Waals surface area (Å²) in [7, 11) is 0. The van der Waals surface area contributed by atoms with Crippen molar-refractivity contribution in [2.24, 2.45) is 5.92 Å². The molecule has 1 saturated heterocycles. The van der Waals surface area contributed by atoms with E-state index in [1.54, 1.807) is 12.4 Å². The van der Waals surface area contributed by atoms with E-state index in [1.807, 2.05) is 41.3 Å². The molecule has 0 spiro atoms. The summed E-state index contributed by atoms with van der Waals surface area (Å²) >= 11 is 0. The van der Waals surface area contributed by atoms with Crippen molar-refractivity contribution in [2.45, 2.75) is 32.7 Å². The summed E-state index contributed by atoms with van der Waals surface area (Å²) in [6.45, 7) is 9.18. The summed E-state index contributed by atoms with van der Waals surface area (Å²) in [6, 6.07) is 11.6. The molecule has 5 rings (SSSR count). The summed E-state index contributed by atoms with van der Waals surface area (Å²) in [5.74, 6) is 8.93. The molecular weight excluding hydrogens is 476 g/mol. The molecule has 8 heteroatoms. The van der Waals surface area contributed by atoms with E-state index in [0.29, 0.717) is 30.4 Å². The third kappa shape index (κ3) is 4.96. The van der Waals surface area contributed by atoms with Crippen molar-refractivity contribution in [1.82, 2.24) is 24.4 Å². The molecule has 1 aliphatic heterocycles. The van der Waals surface area contributed by atoms with E-state index in [4.69, 9.17) is 10.5 Å². The fourth-order valence-electron chi connectivity index (χ4n) is 4.84. The number of rotatable bonds is 5. The molecule has 1 fully saturated rings. The van der Waals surface area contributed by atoms with Crippen molar-refractivity contribution in [3.05, 3.63) is 73.5 Å². The van der Waals surface area contributed by atoms with E-state index in [-0.39, 0.29) is 17.9 Å². The van der Waals surface area contributed by atoms with Crippen molar-refractivity contribution in [1.29, 1.82) is 0 Å². The Hall–Kier alpha value is -4.64. The number of likely N-dealkylation sites (tertiary alicyclic amines) is 1. The molecule has 1 aromatic carbocycles. The van der Waals surface area contributed by atoms with E-state index in [9.17, 15) is 4.79 Å². The standard InChI is InChI=1S/C30H30N6O2/c1-4-26(37)35-16-13-21(14-17-35)7-12-25-27(28-29(31)33-19-34-30(28)36(25)20(2)3)22-8-10-23(11-9-22)38-24-6-5-15-32-18-24/h4-6,8-11,15,18-21H,1,13-14,16-17H2,2-3H3,(H2,31,33,34). The molecule has 4 heterocycles. The maximum Gasteiger partial charge on any atom is 0.245 e. The first-order chi connectivity index (χ1) is 18.5. The zero-order valence-corrected chi connectivity index (χ0v) is 21.6. The number of carbonyl (C=O) groups is 1. The average molecular weight is 507 g/mol. The predicted molar refractivity (Wildman–Crippen MR) is 148 cm³/mol. The Morgan fingerprint density at radius 2 is 1.92 bits per heavy atom. The Bertz CT molecular complexity index is 1520. The van der Waals surface area contributed by atoms with Crippen LogP contribution in [-0.2, 0) is 4.79 Å². The largest absolute Gasteiger partial charge is 0.456 e. The highest BCUT2D eigenvalue weighted by molar-refractivity contribution is 6.03. The van der Waals surface area contributed by atoms with Gasteiger partial charge in [-0.2, -0.15) is 0 Å². The van der Waals surface area contributed by atoms with Gasteiger partial charge >= 0.3 is 0 Å². The van der Waals surface area contributed by atoms with E-state index in [1.165, 1.54) is 12.4 Å². The van der Waals surface area contributed by atoms with Crippen LogP contribution in [0, 0.1) is 17.8 Å². The van der Waals surface area contributed by atoms with Gasteiger partial charge in [0.1, 0.15) is 35.0 Å². The number of fused-ring (bicyclic) bond motifs is 1. The highest BCUT2D eigenvalue weighted by Crippen LogP contribution is 2.39. The van der Waals surface area contributed by atoms with Gasteiger partial charge in [0, 0.05) is 36.8 Å². The Labute approximate surface area is 222 Å². The fraction of sp³-hybridized carbons (Fsp3) is 0.267. The fourth-order valence-corrected chi connectivity index (χ4v) is 4.84. The average Bonchev–Trinajstić information content (AvgIpc) is 3.28. The molecule has 0 radical (unpaired) electrons. The summed E-state index contributed by atoms with van der Waals surface area (Å²) in [5, 5.41) is 0.790. The second kappa shape index (κ2) is 10.8. The van der Waals surface area contributed by atoms with Gasteiger partial charge in [-0.15, -0.1) is 0 Å². The number of pyridine rings is 1. The molecular formula is C30H30N6O2. The number of hydrogen-bond donors (Lipinski definition) is 1. The molecule has 0 bridgehead atoms. The van der Waals surface area contributed by atoms with E-state index in [0.717, 1.165) is 40.7 Å². The van der Waals surface area contributed by atoms with Crippen molar-refractivity contribution >= 4 is 22.8 Å². The number of carbonyl (C=O) groups excluding carboxylic acids is 1. The van der Waals surface area contributed by atoms with Gasteiger partial charge in [-0.3, -0.25) is 9.78 Å². The molecule has 0 aliphatic carbocycles. The number of hydrogen-bond acceptors (Lipinski definition) is 6. The van der Waals surface area contributed by atoms with Gasteiger partial charge in [0.25, 0.3) is 0 Å². The first-order valence-electron chi connectivity index (χ1n) is 12.7. The highest BCUT2D eigenvalue weighted by Gasteiger charge is 2.24. The van der Waals surface area contributed by atoms with Gasteiger partial charge in [-0.25, -0.2) is 9.97 Å². The second-order valence-corrected chi connectivity index (χ2v) is 9.53. The van der Waals surface area contributed by atoms with E-state index < -0.39 is 0 Å². The zero-order chi connectivity index (χ0) is 26.6. The number of piperidine rings is 1. The van der Waals surface area contributed by atoms with Crippen LogP contribution in [0.4, 0.5) is 5.82 Å². The van der Waals surface area contributed by atoms with Crippen molar-refractivity contribution in [3.63, 3.8) is 0 Å². The maximum atomic E-state index is 12.0. The zero-order valence-electron chi connectivity index (χ0n) is 21.6. The third-order valence-corrected chi connectivity index (χ3v) is 6.72. The molecule has 8 nitrogen and oxygen atoms in total. The quantitative estimate of drug-likeness (QED) is 0.294. The van der Waals surface area contributed by atoms with Crippen molar-refractivity contribution < 1.29 is 9.53 Å². The topological polar surface area (TPSA) is 99.2 Å². The highest BCUT2D eigenvalue weighted by atomic mass is 16.5. The molecule has 0 atom stereocenters. The van der Waals surface area contributed by atoms with Crippen LogP contribution in [0.15, 0.2) is 67.8 Å². The predicted octanol–water partition coefficient (Wildman–Crippen LogP) is 5.22. The van der Waals surface area contributed by atoms with Gasteiger partial charge in [0.05, 0.1) is 11.6 Å². The minimum absolute atomic E-state index is 0.0244. The minimum Gasteiger partial charge on any atom is -0.456 e. The van der Waals surface area contributed by atoms with Gasteiger partial charge in [0.2, 0.25) is 5.91 Å². The monoisotopic (exact) mass is 506 g/mol. The first kappa shape index (κ1) is 25.0. The number of anilines is 1. The van der Waals surface area contributed by atoms with E-state index in [2.05, 4.69) is 51.8 Å². The molecule has 0 saturated carbocycles. The number of aromatic nitrogens is 4. The van der Waals surface area contributed by atoms with Crippen molar-refractivity contribution in [3.8, 4) is 34.5 Å². The van der Waals surface area contributed by atoms with Crippen LogP contribution < -0.4 is 10.5 Å². The van der Waals surface area contributed by atoms with Gasteiger partial charge in [-0.05, 0) is 68.5 Å². The lowest BCUT2D eigenvalue weighted by Crippen LogP contribution is -2.37. The summed E-state index contributed by atoms with van der Waals surface area (Å²) < 4.78 is 8.07. The molecule has 38 heavy (non-hydrogen) atoms. The van der Waals surface area contributed by atoms with Crippen LogP contribution in [-0.4, -0.2) is 43.4 Å². The summed E-state index contributed by atoms with van der Waals surface area (Å²) in [4.78, 5) is 26.8. The molecule has 192 valence electrons. The Kier molecular flexibility index (Phi) is 7.09. The molecule has 0 unspecified atom stereocenters. The SMILES string of the molecule is C=CC(=O)N1CCC(C#Cc2c(-c3ccc(Oc4cccnc4)cc3)c3c(N)ncnc3n2C(C)C)CC1. The van der Waals surface area contributed by atoms with Gasteiger partial charge < -0.3 is 19.9 Å². The van der Waals surface area contributed by atoms with Crippen LogP contribution in [0.2, 0.25) is 0 Å². The lowest BCUT2D eigenvalue weighted by molar-refractivity contribution is -0.127. The third-order valence-electron chi connectivity index (χ3n) is 6.72. The number of amides is 1. The number of benzene rings is 1. The van der Waals surface area contributed by atoms with Crippen LogP contribution in [0.1, 0.15) is 38.4 Å². The van der Waals surface area contributed by atoms with Crippen LogP contribution in [0.25, 0.3) is 22.2 Å². The minimum atomic E-state index is -0.0244.